The van der Waals surface area contributed by atoms with Gasteiger partial charge in [0.1, 0.15) is 4.99 Å². The number of hydrogen-bond donors (Lipinski definition) is 2. The first kappa shape index (κ1) is 16.0. The molecule has 2 aromatic carbocycles. The largest absolute Gasteiger partial charge is 0.389 e. The fourth-order valence-electron chi connectivity index (χ4n) is 2.25. The van der Waals surface area contributed by atoms with E-state index in [0.717, 1.165) is 21.4 Å². The standard InChI is InChI=1S/C17H19BrN2S/c1-10(2)13-6-4-5-11(3)16(13)20-15-8-7-12(17(19)21)9-14(15)18/h4-10,20H,1-3H3,(H2,19,21). The maximum absolute atomic E-state index is 5.66. The zero-order chi connectivity index (χ0) is 15.6. The van der Waals surface area contributed by atoms with Crippen molar-refractivity contribution in [3.05, 3.63) is 57.6 Å². The Balaban J connectivity index is 2.41. The molecule has 2 nitrogen and oxygen atoms in total. The number of para-hydroxylation sites is 1. The number of nitrogens with two attached hydrogens (primary N) is 1. The topological polar surface area (TPSA) is 38.0 Å². The monoisotopic (exact) mass is 362 g/mol. The minimum absolute atomic E-state index is 0.404. The van der Waals surface area contributed by atoms with Crippen molar-refractivity contribution < 1.29 is 0 Å². The third kappa shape index (κ3) is 3.63. The molecule has 0 saturated heterocycles. The van der Waals surface area contributed by atoms with Crippen LogP contribution < -0.4 is 11.1 Å². The SMILES string of the molecule is Cc1cccc(C(C)C)c1Nc1ccc(C(N)=S)cc1Br. The molecule has 0 aliphatic rings. The highest BCUT2D eigenvalue weighted by Gasteiger charge is 2.11. The molecule has 21 heavy (non-hydrogen) atoms. The Morgan fingerprint density at radius 3 is 2.52 bits per heavy atom. The molecule has 110 valence electrons. The van der Waals surface area contributed by atoms with Crippen LogP contribution in [0.5, 0.6) is 0 Å². The van der Waals surface area contributed by atoms with Crippen LogP contribution in [0.15, 0.2) is 40.9 Å². The van der Waals surface area contributed by atoms with E-state index in [-0.39, 0.29) is 0 Å². The number of anilines is 2. The van der Waals surface area contributed by atoms with Gasteiger partial charge in [-0.3, -0.25) is 0 Å². The van der Waals surface area contributed by atoms with E-state index in [1.807, 2.05) is 18.2 Å². The third-order valence-corrected chi connectivity index (χ3v) is 4.33. The number of rotatable bonds is 4. The minimum atomic E-state index is 0.404. The van der Waals surface area contributed by atoms with Crippen molar-refractivity contribution in [1.29, 1.82) is 0 Å². The van der Waals surface area contributed by atoms with Gasteiger partial charge in [-0.2, -0.15) is 0 Å². The molecule has 0 atom stereocenters. The quantitative estimate of drug-likeness (QED) is 0.728. The normalized spacial score (nSPS) is 10.7. The van der Waals surface area contributed by atoms with E-state index in [2.05, 4.69) is 60.2 Å². The molecule has 3 N–H and O–H groups in total. The van der Waals surface area contributed by atoms with Crippen LogP contribution >= 0.6 is 28.1 Å². The lowest BCUT2D eigenvalue weighted by molar-refractivity contribution is 0.867. The molecule has 0 spiro atoms. The van der Waals surface area contributed by atoms with Gasteiger partial charge in [-0.15, -0.1) is 0 Å². The lowest BCUT2D eigenvalue weighted by atomic mass is 9.98. The maximum Gasteiger partial charge on any atom is 0.104 e. The zero-order valence-electron chi connectivity index (χ0n) is 12.4. The van der Waals surface area contributed by atoms with Gasteiger partial charge in [-0.1, -0.05) is 44.3 Å². The van der Waals surface area contributed by atoms with E-state index in [0.29, 0.717) is 10.9 Å². The van der Waals surface area contributed by atoms with Gasteiger partial charge in [-0.05, 0) is 58.1 Å². The van der Waals surface area contributed by atoms with Gasteiger partial charge in [0.05, 0.1) is 5.69 Å². The van der Waals surface area contributed by atoms with Gasteiger partial charge >= 0.3 is 0 Å². The molecule has 0 fully saturated rings. The lowest BCUT2D eigenvalue weighted by Crippen LogP contribution is -2.09. The summed E-state index contributed by atoms with van der Waals surface area (Å²) >= 11 is 8.59. The Labute approximate surface area is 139 Å². The second-order valence-electron chi connectivity index (χ2n) is 5.38. The third-order valence-electron chi connectivity index (χ3n) is 3.44. The molecular formula is C17H19BrN2S. The fraction of sp³-hybridized carbons (Fsp3) is 0.235. The second kappa shape index (κ2) is 6.58. The average Bonchev–Trinajstić information content (AvgIpc) is 2.42. The summed E-state index contributed by atoms with van der Waals surface area (Å²) in [5.74, 6) is 0.460. The molecule has 0 bridgehead atoms. The smallest absolute Gasteiger partial charge is 0.104 e. The van der Waals surface area contributed by atoms with Crippen molar-refractivity contribution >= 4 is 44.5 Å². The van der Waals surface area contributed by atoms with Crippen molar-refractivity contribution in [1.82, 2.24) is 0 Å². The van der Waals surface area contributed by atoms with Gasteiger partial charge in [0.25, 0.3) is 0 Å². The highest BCUT2D eigenvalue weighted by molar-refractivity contribution is 9.10. The van der Waals surface area contributed by atoms with Crippen LogP contribution in [-0.2, 0) is 0 Å². The van der Waals surface area contributed by atoms with Crippen LogP contribution in [0.3, 0.4) is 0 Å². The summed E-state index contributed by atoms with van der Waals surface area (Å²) < 4.78 is 0.950. The highest BCUT2D eigenvalue weighted by atomic mass is 79.9. The van der Waals surface area contributed by atoms with E-state index in [4.69, 9.17) is 18.0 Å². The number of thiocarbonyl (C=S) groups is 1. The first-order valence-electron chi connectivity index (χ1n) is 6.86. The molecule has 2 aromatic rings. The summed E-state index contributed by atoms with van der Waals surface area (Å²) in [5.41, 5.74) is 11.2. The number of hydrogen-bond acceptors (Lipinski definition) is 2. The first-order chi connectivity index (χ1) is 9.90. The lowest BCUT2D eigenvalue weighted by Gasteiger charge is -2.18. The summed E-state index contributed by atoms with van der Waals surface area (Å²) in [6.45, 7) is 6.52. The van der Waals surface area contributed by atoms with Crippen LogP contribution in [0.4, 0.5) is 11.4 Å². The Bertz CT molecular complexity index is 680. The van der Waals surface area contributed by atoms with E-state index in [9.17, 15) is 0 Å². The number of nitrogens with one attached hydrogen (secondary N) is 1. The van der Waals surface area contributed by atoms with Crippen LogP contribution in [0.25, 0.3) is 0 Å². The molecule has 0 unspecified atom stereocenters. The Kier molecular flexibility index (Phi) is 5.01. The first-order valence-corrected chi connectivity index (χ1v) is 8.06. The van der Waals surface area contributed by atoms with E-state index in [1.54, 1.807) is 0 Å². The van der Waals surface area contributed by atoms with Gasteiger partial charge in [-0.25, -0.2) is 0 Å². The summed E-state index contributed by atoms with van der Waals surface area (Å²) in [5, 5.41) is 3.53. The molecule has 0 aliphatic carbocycles. The predicted molar refractivity (Wildman–Crippen MR) is 98.6 cm³/mol. The number of aryl methyl sites for hydroxylation is 1. The van der Waals surface area contributed by atoms with E-state index in [1.165, 1.54) is 11.1 Å². The Morgan fingerprint density at radius 1 is 1.24 bits per heavy atom. The summed E-state index contributed by atoms with van der Waals surface area (Å²) in [7, 11) is 0. The molecule has 0 aromatic heterocycles. The molecular weight excluding hydrogens is 344 g/mol. The molecule has 0 radical (unpaired) electrons. The number of benzene rings is 2. The van der Waals surface area contributed by atoms with Crippen molar-refractivity contribution in [3.8, 4) is 0 Å². The summed E-state index contributed by atoms with van der Waals surface area (Å²) in [6, 6.07) is 12.2. The van der Waals surface area contributed by atoms with Crippen LogP contribution in [0.2, 0.25) is 0 Å². The molecule has 4 heteroatoms. The van der Waals surface area contributed by atoms with Crippen LogP contribution in [0, 0.1) is 6.92 Å². The van der Waals surface area contributed by atoms with Crippen molar-refractivity contribution in [2.24, 2.45) is 5.73 Å². The predicted octanol–water partition coefficient (Wildman–Crippen LogP) is 5.26. The molecule has 0 amide bonds. The van der Waals surface area contributed by atoms with E-state index >= 15 is 0 Å². The van der Waals surface area contributed by atoms with Crippen molar-refractivity contribution in [3.63, 3.8) is 0 Å². The van der Waals surface area contributed by atoms with Gasteiger partial charge < -0.3 is 11.1 Å². The minimum Gasteiger partial charge on any atom is -0.389 e. The molecule has 0 heterocycles. The summed E-state index contributed by atoms with van der Waals surface area (Å²) in [4.78, 5) is 0.404. The Morgan fingerprint density at radius 2 is 1.95 bits per heavy atom. The fourth-order valence-corrected chi connectivity index (χ4v) is 2.85. The van der Waals surface area contributed by atoms with Crippen molar-refractivity contribution in [2.75, 3.05) is 5.32 Å². The average molecular weight is 363 g/mol. The Hall–Kier alpha value is -1.39. The van der Waals surface area contributed by atoms with Gasteiger partial charge in [0.2, 0.25) is 0 Å². The van der Waals surface area contributed by atoms with Crippen LogP contribution in [0.1, 0.15) is 36.5 Å². The highest BCUT2D eigenvalue weighted by Crippen LogP contribution is 2.33. The molecule has 0 saturated carbocycles. The zero-order valence-corrected chi connectivity index (χ0v) is 14.8. The van der Waals surface area contributed by atoms with Gasteiger partial charge in [0.15, 0.2) is 0 Å². The van der Waals surface area contributed by atoms with E-state index < -0.39 is 0 Å². The maximum atomic E-state index is 5.66. The van der Waals surface area contributed by atoms with Crippen LogP contribution in [-0.4, -0.2) is 4.99 Å². The molecule has 2 rings (SSSR count). The number of halogens is 1. The van der Waals surface area contributed by atoms with Gasteiger partial charge in [0, 0.05) is 15.7 Å². The molecule has 0 aliphatic heterocycles. The second-order valence-corrected chi connectivity index (χ2v) is 6.67. The summed E-state index contributed by atoms with van der Waals surface area (Å²) in [6.07, 6.45) is 0. The van der Waals surface area contributed by atoms with Crippen molar-refractivity contribution in [2.45, 2.75) is 26.7 Å².